The first-order valence-electron chi connectivity index (χ1n) is 11.7. The van der Waals surface area contributed by atoms with Gasteiger partial charge in [-0.1, -0.05) is 26.8 Å². The van der Waals surface area contributed by atoms with Gasteiger partial charge in [-0.2, -0.15) is 5.10 Å². The van der Waals surface area contributed by atoms with Gasteiger partial charge in [0.15, 0.2) is 11.5 Å². The minimum atomic E-state index is -0.270. The van der Waals surface area contributed by atoms with Gasteiger partial charge in [-0.25, -0.2) is 0 Å². The molecule has 1 saturated heterocycles. The highest BCUT2D eigenvalue weighted by Gasteiger charge is 2.39. The quantitative estimate of drug-likeness (QED) is 0.621. The Balaban J connectivity index is 1.82. The Morgan fingerprint density at radius 1 is 1.17 bits per heavy atom. The number of nitrogens with zero attached hydrogens (tertiary/aromatic N) is 4. The number of fused-ring (bicyclic) bond motifs is 1. The molecule has 0 saturated carbocycles. The average Bonchev–Trinajstić information content (AvgIpc) is 3.12. The molecule has 0 N–H and O–H groups in total. The van der Waals surface area contributed by atoms with Gasteiger partial charge < -0.3 is 19.1 Å². The number of carbonyl (C=O) groups is 2. The van der Waals surface area contributed by atoms with Gasteiger partial charge in [0.25, 0.3) is 0 Å². The molecule has 0 bridgehead atoms. The van der Waals surface area contributed by atoms with Crippen LogP contribution < -0.4 is 14.4 Å². The lowest BCUT2D eigenvalue weighted by molar-refractivity contribution is -0.134. The number of thioether (sulfide) groups is 1. The van der Waals surface area contributed by atoms with E-state index < -0.39 is 0 Å². The summed E-state index contributed by atoms with van der Waals surface area (Å²) in [6.45, 7) is 8.43. The number of benzene rings is 1. The van der Waals surface area contributed by atoms with E-state index in [1.54, 1.807) is 40.5 Å². The number of amides is 2. The van der Waals surface area contributed by atoms with E-state index in [1.165, 1.54) is 0 Å². The van der Waals surface area contributed by atoms with E-state index in [-0.39, 0.29) is 34.8 Å². The Bertz CT molecular complexity index is 1100. The van der Waals surface area contributed by atoms with Crippen molar-refractivity contribution in [3.8, 4) is 11.5 Å². The standard InChI is InChI=1S/C25H34N4O5S/c1-25(2,3)23-21-22(16-7-8-17(32-5)18(13-16)33-6)35-15-20(31)29(24(21)27(4)26-23)14-19(30)28-9-11-34-12-10-28/h7-8,13,22H,9-12,14-15H2,1-6H3/t22-/m1/s1. The molecule has 0 radical (unpaired) electrons. The number of carbonyl (C=O) groups excluding carboxylic acids is 2. The third-order valence-electron chi connectivity index (χ3n) is 6.32. The predicted octanol–water partition coefficient (Wildman–Crippen LogP) is 2.76. The van der Waals surface area contributed by atoms with E-state index in [9.17, 15) is 9.59 Å². The van der Waals surface area contributed by atoms with E-state index >= 15 is 0 Å². The van der Waals surface area contributed by atoms with Gasteiger partial charge in [-0.3, -0.25) is 19.2 Å². The molecule has 35 heavy (non-hydrogen) atoms. The van der Waals surface area contributed by atoms with Crippen LogP contribution in [0.1, 0.15) is 42.8 Å². The van der Waals surface area contributed by atoms with Crippen molar-refractivity contribution in [2.24, 2.45) is 7.05 Å². The van der Waals surface area contributed by atoms with Crippen LogP contribution in [0, 0.1) is 0 Å². The van der Waals surface area contributed by atoms with Crippen LogP contribution in [-0.4, -0.2) is 79.3 Å². The highest BCUT2D eigenvalue weighted by molar-refractivity contribution is 8.00. The summed E-state index contributed by atoms with van der Waals surface area (Å²) in [5, 5.41) is 4.70. The van der Waals surface area contributed by atoms with Crippen molar-refractivity contribution in [2.45, 2.75) is 31.4 Å². The molecular weight excluding hydrogens is 468 g/mol. The molecule has 2 amide bonds. The van der Waals surface area contributed by atoms with Crippen LogP contribution >= 0.6 is 11.8 Å². The van der Waals surface area contributed by atoms with Crippen molar-refractivity contribution in [2.75, 3.05) is 57.7 Å². The van der Waals surface area contributed by atoms with Crippen molar-refractivity contribution in [3.05, 3.63) is 35.0 Å². The van der Waals surface area contributed by atoms with Crippen molar-refractivity contribution >= 4 is 29.4 Å². The lowest BCUT2D eigenvalue weighted by atomic mass is 9.87. The Labute approximate surface area is 210 Å². The second-order valence-corrected chi connectivity index (χ2v) is 10.8. The Hall–Kier alpha value is -2.72. The normalized spacial score (nSPS) is 18.8. The molecule has 0 unspecified atom stereocenters. The highest BCUT2D eigenvalue weighted by Crippen LogP contribution is 2.48. The summed E-state index contributed by atoms with van der Waals surface area (Å²) >= 11 is 1.54. The van der Waals surface area contributed by atoms with Crippen molar-refractivity contribution in [3.63, 3.8) is 0 Å². The molecule has 2 aliphatic heterocycles. The summed E-state index contributed by atoms with van der Waals surface area (Å²) < 4.78 is 18.1. The molecule has 1 aromatic heterocycles. The molecule has 4 rings (SSSR count). The zero-order valence-corrected chi connectivity index (χ0v) is 22.1. The largest absolute Gasteiger partial charge is 0.493 e. The lowest BCUT2D eigenvalue weighted by Gasteiger charge is -2.30. The fourth-order valence-corrected chi connectivity index (χ4v) is 5.76. The number of hydrogen-bond acceptors (Lipinski definition) is 7. The van der Waals surface area contributed by atoms with Gasteiger partial charge in [0.2, 0.25) is 11.8 Å². The summed E-state index contributed by atoms with van der Waals surface area (Å²) in [6, 6.07) is 5.84. The number of rotatable bonds is 5. The molecule has 1 aromatic carbocycles. The van der Waals surface area contributed by atoms with Crippen molar-refractivity contribution < 1.29 is 23.8 Å². The van der Waals surface area contributed by atoms with Crippen LogP contribution in [0.25, 0.3) is 0 Å². The molecule has 2 aromatic rings. The number of methoxy groups -OCH3 is 2. The van der Waals surface area contributed by atoms with Crippen LogP contribution in [0.2, 0.25) is 0 Å². The Morgan fingerprint density at radius 2 is 1.86 bits per heavy atom. The van der Waals surface area contributed by atoms with Gasteiger partial charge in [0.1, 0.15) is 12.4 Å². The van der Waals surface area contributed by atoms with Crippen LogP contribution in [0.4, 0.5) is 5.82 Å². The second kappa shape index (κ2) is 10.1. The summed E-state index contributed by atoms with van der Waals surface area (Å²) in [7, 11) is 5.06. The number of hydrogen-bond donors (Lipinski definition) is 0. The minimum Gasteiger partial charge on any atom is -0.493 e. The SMILES string of the molecule is COc1ccc([C@H]2SCC(=O)N(CC(=O)N3CCOCC3)c3c2c(C(C)(C)C)nn3C)cc1OC. The van der Waals surface area contributed by atoms with Crippen LogP contribution in [0.5, 0.6) is 11.5 Å². The summed E-state index contributed by atoms with van der Waals surface area (Å²) in [6.07, 6.45) is 0. The number of aryl methyl sites for hydroxylation is 1. The van der Waals surface area contributed by atoms with E-state index in [0.29, 0.717) is 43.6 Å². The smallest absolute Gasteiger partial charge is 0.242 e. The second-order valence-electron chi connectivity index (χ2n) is 9.74. The molecule has 9 nitrogen and oxygen atoms in total. The third kappa shape index (κ3) is 4.99. The van der Waals surface area contributed by atoms with Crippen molar-refractivity contribution in [1.29, 1.82) is 0 Å². The lowest BCUT2D eigenvalue weighted by Crippen LogP contribution is -2.48. The number of anilines is 1. The topological polar surface area (TPSA) is 86.1 Å². The number of aromatic nitrogens is 2. The molecule has 2 aliphatic rings. The van der Waals surface area contributed by atoms with E-state index in [2.05, 4.69) is 20.8 Å². The monoisotopic (exact) mass is 502 g/mol. The van der Waals surface area contributed by atoms with Crippen LogP contribution in [0.3, 0.4) is 0 Å². The number of ether oxygens (including phenoxy) is 3. The van der Waals surface area contributed by atoms with E-state index in [4.69, 9.17) is 19.3 Å². The van der Waals surface area contributed by atoms with Crippen LogP contribution in [0.15, 0.2) is 18.2 Å². The maximum absolute atomic E-state index is 13.4. The van der Waals surface area contributed by atoms with E-state index in [0.717, 1.165) is 16.8 Å². The third-order valence-corrected chi connectivity index (χ3v) is 7.58. The fraction of sp³-hybridized carbons (Fsp3) is 0.560. The maximum atomic E-state index is 13.4. The molecular formula is C25H34N4O5S. The summed E-state index contributed by atoms with van der Waals surface area (Å²) in [5.74, 6) is 2.00. The summed E-state index contributed by atoms with van der Waals surface area (Å²) in [5.41, 5.74) is 2.58. The average molecular weight is 503 g/mol. The van der Waals surface area contributed by atoms with Gasteiger partial charge in [-0.15, -0.1) is 11.8 Å². The highest BCUT2D eigenvalue weighted by atomic mass is 32.2. The van der Waals surface area contributed by atoms with Gasteiger partial charge in [0, 0.05) is 31.1 Å². The maximum Gasteiger partial charge on any atom is 0.242 e. The molecule has 3 heterocycles. The minimum absolute atomic E-state index is 0.0197. The first-order chi connectivity index (χ1) is 16.7. The molecule has 1 atom stereocenters. The number of morpholine rings is 1. The van der Waals surface area contributed by atoms with Gasteiger partial charge in [-0.05, 0) is 17.7 Å². The van der Waals surface area contributed by atoms with Gasteiger partial charge >= 0.3 is 0 Å². The molecule has 10 heteroatoms. The van der Waals surface area contributed by atoms with E-state index in [1.807, 2.05) is 25.2 Å². The molecule has 0 aliphatic carbocycles. The van der Waals surface area contributed by atoms with Crippen molar-refractivity contribution in [1.82, 2.24) is 14.7 Å². The fourth-order valence-electron chi connectivity index (χ4n) is 4.57. The zero-order chi connectivity index (χ0) is 25.3. The molecule has 1 fully saturated rings. The zero-order valence-electron chi connectivity index (χ0n) is 21.3. The summed E-state index contributed by atoms with van der Waals surface area (Å²) in [4.78, 5) is 30.0. The first kappa shape index (κ1) is 25.4. The van der Waals surface area contributed by atoms with Gasteiger partial charge in [0.05, 0.1) is 44.1 Å². The van der Waals surface area contributed by atoms with Crippen LogP contribution in [-0.2, 0) is 26.8 Å². The first-order valence-corrected chi connectivity index (χ1v) is 12.8. The Kier molecular flexibility index (Phi) is 7.32. The predicted molar refractivity (Wildman–Crippen MR) is 136 cm³/mol. The molecule has 190 valence electrons. The molecule has 0 spiro atoms. The Morgan fingerprint density at radius 3 is 2.49 bits per heavy atom.